The molecular weight excluding hydrogens is 306 g/mol. The predicted octanol–water partition coefficient (Wildman–Crippen LogP) is 5.91. The fourth-order valence-electron chi connectivity index (χ4n) is 2.58. The number of benzene rings is 2. The maximum absolute atomic E-state index is 5.39. The molecule has 112 valence electrons. The number of nitrogens with zero attached hydrogens (tertiary/aromatic N) is 1. The molecule has 2 aromatic rings. The number of allylic oxidation sites excluding steroid dienone is 1. The molecular formula is C19H19NS2. The van der Waals surface area contributed by atoms with Gasteiger partial charge in [0.1, 0.15) is 0 Å². The molecule has 0 atom stereocenters. The lowest BCUT2D eigenvalue weighted by molar-refractivity contribution is 1.00. The van der Waals surface area contributed by atoms with Gasteiger partial charge in [-0.05, 0) is 42.7 Å². The Morgan fingerprint density at radius 2 is 1.86 bits per heavy atom. The Morgan fingerprint density at radius 3 is 2.55 bits per heavy atom. The highest BCUT2D eigenvalue weighted by molar-refractivity contribution is 8.03. The summed E-state index contributed by atoms with van der Waals surface area (Å²) < 4.78 is 0. The molecule has 3 heteroatoms. The van der Waals surface area contributed by atoms with Crippen molar-refractivity contribution in [3.05, 3.63) is 59.6 Å². The van der Waals surface area contributed by atoms with E-state index in [1.165, 1.54) is 26.7 Å². The highest BCUT2D eigenvalue weighted by Crippen LogP contribution is 2.47. The third kappa shape index (κ3) is 2.96. The second-order valence-corrected chi connectivity index (χ2v) is 6.78. The first kappa shape index (κ1) is 15.3. The minimum Gasteiger partial charge on any atom is -0.335 e. The number of rotatable bonds is 4. The average molecular weight is 326 g/mol. The van der Waals surface area contributed by atoms with Crippen molar-refractivity contribution in [1.29, 1.82) is 0 Å². The van der Waals surface area contributed by atoms with Gasteiger partial charge in [-0.2, -0.15) is 0 Å². The van der Waals surface area contributed by atoms with Gasteiger partial charge in [-0.15, -0.1) is 0 Å². The molecule has 0 fully saturated rings. The summed E-state index contributed by atoms with van der Waals surface area (Å²) in [4.78, 5) is 4.68. The minimum absolute atomic E-state index is 0.919. The number of fused-ring (bicyclic) bond motifs is 1. The summed E-state index contributed by atoms with van der Waals surface area (Å²) in [5.74, 6) is 0. The molecule has 1 aliphatic rings. The topological polar surface area (TPSA) is 3.24 Å². The lowest BCUT2D eigenvalue weighted by atomic mass is 10.0. The van der Waals surface area contributed by atoms with Gasteiger partial charge < -0.3 is 4.90 Å². The summed E-state index contributed by atoms with van der Waals surface area (Å²) in [6.07, 6.45) is 3.06. The molecule has 1 heterocycles. The molecule has 0 amide bonds. The molecule has 0 radical (unpaired) electrons. The molecule has 0 N–H and O–H groups in total. The van der Waals surface area contributed by atoms with E-state index < -0.39 is 0 Å². The van der Waals surface area contributed by atoms with Crippen LogP contribution in [0.2, 0.25) is 0 Å². The van der Waals surface area contributed by atoms with Crippen LogP contribution in [0.25, 0.3) is 11.1 Å². The molecule has 3 rings (SSSR count). The summed E-state index contributed by atoms with van der Waals surface area (Å²) in [5.41, 5.74) is 3.81. The van der Waals surface area contributed by atoms with Crippen molar-refractivity contribution < 1.29 is 0 Å². The van der Waals surface area contributed by atoms with E-state index in [2.05, 4.69) is 73.4 Å². The first-order chi connectivity index (χ1) is 10.7. The van der Waals surface area contributed by atoms with Crippen LogP contribution in [-0.4, -0.2) is 11.4 Å². The zero-order valence-electron chi connectivity index (χ0n) is 12.9. The Balaban J connectivity index is 2.00. The molecule has 22 heavy (non-hydrogen) atoms. The molecule has 0 spiro atoms. The molecule has 0 aromatic heterocycles. The Kier molecular flexibility index (Phi) is 4.65. The van der Waals surface area contributed by atoms with Gasteiger partial charge in [-0.1, -0.05) is 67.3 Å². The van der Waals surface area contributed by atoms with Gasteiger partial charge in [0.2, 0.25) is 0 Å². The van der Waals surface area contributed by atoms with Crippen molar-refractivity contribution in [3.8, 4) is 11.1 Å². The van der Waals surface area contributed by atoms with Gasteiger partial charge in [0.05, 0.1) is 10.7 Å². The second-order valence-electron chi connectivity index (χ2n) is 5.20. The quantitative estimate of drug-likeness (QED) is 0.508. The first-order valence-electron chi connectivity index (χ1n) is 7.62. The third-order valence-corrected chi connectivity index (χ3v) is 5.31. The number of thioether (sulfide) groups is 1. The summed E-state index contributed by atoms with van der Waals surface area (Å²) in [6.45, 7) is 5.25. The van der Waals surface area contributed by atoms with Crippen LogP contribution in [0, 0.1) is 0 Å². The van der Waals surface area contributed by atoms with Crippen LogP contribution in [0.4, 0.5) is 5.69 Å². The van der Waals surface area contributed by atoms with Gasteiger partial charge in [0.15, 0.2) is 0 Å². The van der Waals surface area contributed by atoms with E-state index in [1.54, 1.807) is 0 Å². The normalized spacial score (nSPS) is 15.2. The van der Waals surface area contributed by atoms with Gasteiger partial charge in [-0.3, -0.25) is 0 Å². The maximum atomic E-state index is 5.39. The summed E-state index contributed by atoms with van der Waals surface area (Å²) in [7, 11) is 0. The van der Waals surface area contributed by atoms with Crippen LogP contribution in [-0.2, 0) is 0 Å². The Hall–Kier alpha value is -1.58. The monoisotopic (exact) mass is 325 g/mol. The number of anilines is 1. The number of thiocarbonyl (C=S) groups is 1. The van der Waals surface area contributed by atoms with Gasteiger partial charge in [-0.25, -0.2) is 0 Å². The van der Waals surface area contributed by atoms with E-state index >= 15 is 0 Å². The van der Waals surface area contributed by atoms with Crippen molar-refractivity contribution in [2.75, 3.05) is 11.4 Å². The zero-order valence-corrected chi connectivity index (χ0v) is 14.5. The fraction of sp³-hybridized carbons (Fsp3) is 0.211. The molecule has 1 nitrogen and oxygen atoms in total. The highest BCUT2D eigenvalue weighted by atomic mass is 32.2. The van der Waals surface area contributed by atoms with Crippen molar-refractivity contribution >= 4 is 34.5 Å². The highest BCUT2D eigenvalue weighted by Gasteiger charge is 2.24. The molecule has 1 aliphatic heterocycles. The lowest BCUT2D eigenvalue weighted by Crippen LogP contribution is -2.17. The molecule has 0 aliphatic carbocycles. The van der Waals surface area contributed by atoms with Gasteiger partial charge in [0.25, 0.3) is 0 Å². The lowest BCUT2D eigenvalue weighted by Gasteiger charge is -2.18. The van der Waals surface area contributed by atoms with Crippen molar-refractivity contribution in [2.45, 2.75) is 25.2 Å². The molecule has 0 saturated heterocycles. The second kappa shape index (κ2) is 6.67. The van der Waals surface area contributed by atoms with E-state index in [1.807, 2.05) is 11.8 Å². The van der Waals surface area contributed by atoms with Crippen molar-refractivity contribution in [2.24, 2.45) is 0 Å². The first-order valence-corrected chi connectivity index (χ1v) is 8.84. The van der Waals surface area contributed by atoms with Crippen molar-refractivity contribution in [1.82, 2.24) is 0 Å². The van der Waals surface area contributed by atoms with Gasteiger partial charge >= 0.3 is 0 Å². The number of hydrogen-bond donors (Lipinski definition) is 0. The molecule has 0 saturated carbocycles. The summed E-state index contributed by atoms with van der Waals surface area (Å²) >= 11 is 7.21. The largest absolute Gasteiger partial charge is 0.335 e. The smallest absolute Gasteiger partial charge is 0.0812 e. The standard InChI is InChI=1S/C19H19NS2/c1-3-16(21)13-19-20(4-2)17-12-15(10-11-18(17)22-19)14-8-6-5-7-9-14/h5-13H,3-4H2,1-2H3. The van der Waals surface area contributed by atoms with Crippen LogP contribution in [0.15, 0.2) is 64.5 Å². The zero-order chi connectivity index (χ0) is 15.5. The summed E-state index contributed by atoms with van der Waals surface area (Å²) in [6, 6.07) is 17.2. The minimum atomic E-state index is 0.919. The van der Waals surface area contributed by atoms with E-state index in [4.69, 9.17) is 12.2 Å². The molecule has 2 aromatic carbocycles. The maximum Gasteiger partial charge on any atom is 0.0812 e. The fourth-order valence-corrected chi connectivity index (χ4v) is 3.94. The SMILES string of the molecule is CCC(=S)C=C1Sc2ccc(-c3ccccc3)cc2N1CC. The van der Waals surface area contributed by atoms with Crippen molar-refractivity contribution in [3.63, 3.8) is 0 Å². The van der Waals surface area contributed by atoms with Crippen LogP contribution >= 0.6 is 24.0 Å². The third-order valence-electron chi connectivity index (χ3n) is 3.79. The number of hydrogen-bond acceptors (Lipinski definition) is 3. The Bertz CT molecular complexity index is 719. The van der Waals surface area contributed by atoms with Crippen LogP contribution in [0.3, 0.4) is 0 Å². The van der Waals surface area contributed by atoms with Crippen LogP contribution in [0.1, 0.15) is 20.3 Å². The van der Waals surface area contributed by atoms with E-state index in [-0.39, 0.29) is 0 Å². The predicted molar refractivity (Wildman–Crippen MR) is 102 cm³/mol. The molecule has 0 bridgehead atoms. The summed E-state index contributed by atoms with van der Waals surface area (Å²) in [5, 5.41) is 1.24. The van der Waals surface area contributed by atoms with Gasteiger partial charge in [0, 0.05) is 16.3 Å². The van der Waals surface area contributed by atoms with E-state index in [0.29, 0.717) is 0 Å². The molecule has 0 unspecified atom stereocenters. The van der Waals surface area contributed by atoms with E-state index in [0.717, 1.165) is 17.8 Å². The Labute approximate surface area is 142 Å². The average Bonchev–Trinajstić information content (AvgIpc) is 2.91. The van der Waals surface area contributed by atoms with Crippen LogP contribution < -0.4 is 4.90 Å². The van der Waals surface area contributed by atoms with E-state index in [9.17, 15) is 0 Å². The van der Waals surface area contributed by atoms with Crippen LogP contribution in [0.5, 0.6) is 0 Å². The Morgan fingerprint density at radius 1 is 1.09 bits per heavy atom.